The smallest absolute Gasteiger partial charge is 0.0557 e. The summed E-state index contributed by atoms with van der Waals surface area (Å²) in [6, 6.07) is 9.13. The number of hydrogen-bond donors (Lipinski definition) is 2. The first-order chi connectivity index (χ1) is 9.87. The second kappa shape index (κ2) is 6.47. The summed E-state index contributed by atoms with van der Waals surface area (Å²) in [4.78, 5) is 0. The van der Waals surface area contributed by atoms with Crippen molar-refractivity contribution in [2.75, 3.05) is 13.2 Å². The molecule has 2 rings (SSSR count). The van der Waals surface area contributed by atoms with E-state index in [9.17, 15) is 0 Å². The highest BCUT2D eigenvalue weighted by Gasteiger charge is 2.32. The Bertz CT molecular complexity index is 445. The molecule has 0 aromatic heterocycles. The Hall–Kier alpha value is -0.900. The molecule has 0 radical (unpaired) electrons. The van der Waals surface area contributed by atoms with E-state index in [4.69, 9.17) is 16.2 Å². The van der Waals surface area contributed by atoms with Crippen molar-refractivity contribution in [2.45, 2.75) is 63.5 Å². The van der Waals surface area contributed by atoms with Crippen LogP contribution in [0, 0.1) is 0 Å². The van der Waals surface area contributed by atoms with Crippen LogP contribution in [0.15, 0.2) is 24.3 Å². The molecule has 0 aliphatic heterocycles. The van der Waals surface area contributed by atoms with Gasteiger partial charge in [-0.25, -0.2) is 0 Å². The van der Waals surface area contributed by atoms with E-state index in [2.05, 4.69) is 38.1 Å². The second-order valence-corrected chi connectivity index (χ2v) is 7.09. The molecule has 3 nitrogen and oxygen atoms in total. The van der Waals surface area contributed by atoms with Gasteiger partial charge >= 0.3 is 0 Å². The first-order valence-corrected chi connectivity index (χ1v) is 8.10. The molecule has 4 N–H and O–H groups in total. The molecule has 1 aromatic rings. The van der Waals surface area contributed by atoms with Crippen molar-refractivity contribution in [2.24, 2.45) is 11.5 Å². The molecule has 1 fully saturated rings. The van der Waals surface area contributed by atoms with Crippen LogP contribution < -0.4 is 11.5 Å². The predicted molar refractivity (Wildman–Crippen MR) is 88.3 cm³/mol. The minimum absolute atomic E-state index is 0.0330. The van der Waals surface area contributed by atoms with Gasteiger partial charge < -0.3 is 16.2 Å². The molecule has 118 valence electrons. The summed E-state index contributed by atoms with van der Waals surface area (Å²) in [6.45, 7) is 7.97. The predicted octanol–water partition coefficient (Wildman–Crippen LogP) is 3.06. The minimum atomic E-state index is -0.196. The Labute approximate surface area is 129 Å². The van der Waals surface area contributed by atoms with Gasteiger partial charge in [0.2, 0.25) is 0 Å². The third-order valence-corrected chi connectivity index (χ3v) is 4.83. The van der Waals surface area contributed by atoms with Gasteiger partial charge in [0.05, 0.1) is 6.61 Å². The summed E-state index contributed by atoms with van der Waals surface area (Å²) in [5, 5.41) is 0. The quantitative estimate of drug-likeness (QED) is 0.876. The maximum atomic E-state index is 6.60. The number of nitrogens with two attached hydrogens (primary N) is 2. The SMILES string of the molecule is CCOCC(C)(C)c1ccc(C2(N)CCC(N)CC2)cc1. The Kier molecular flexibility index (Phi) is 5.07. The summed E-state index contributed by atoms with van der Waals surface area (Å²) in [5.41, 5.74) is 15.0. The average molecular weight is 290 g/mol. The van der Waals surface area contributed by atoms with Gasteiger partial charge in [0.25, 0.3) is 0 Å². The van der Waals surface area contributed by atoms with Gasteiger partial charge in [0.15, 0.2) is 0 Å². The van der Waals surface area contributed by atoms with Gasteiger partial charge in [-0.2, -0.15) is 0 Å². The first-order valence-electron chi connectivity index (χ1n) is 8.10. The van der Waals surface area contributed by atoms with Crippen LogP contribution in [0.3, 0.4) is 0 Å². The largest absolute Gasteiger partial charge is 0.381 e. The summed E-state index contributed by atoms with van der Waals surface area (Å²) < 4.78 is 5.59. The Balaban J connectivity index is 2.11. The van der Waals surface area contributed by atoms with Crippen molar-refractivity contribution in [3.05, 3.63) is 35.4 Å². The Morgan fingerprint density at radius 3 is 2.29 bits per heavy atom. The van der Waals surface area contributed by atoms with Crippen LogP contribution in [0.5, 0.6) is 0 Å². The van der Waals surface area contributed by atoms with Crippen LogP contribution in [0.25, 0.3) is 0 Å². The molecule has 1 saturated carbocycles. The van der Waals surface area contributed by atoms with Crippen LogP contribution in [0.2, 0.25) is 0 Å². The van der Waals surface area contributed by atoms with E-state index in [0.29, 0.717) is 6.04 Å². The van der Waals surface area contributed by atoms with Gasteiger partial charge in [-0.3, -0.25) is 0 Å². The lowest BCUT2D eigenvalue weighted by Gasteiger charge is -2.37. The van der Waals surface area contributed by atoms with Crippen LogP contribution in [-0.4, -0.2) is 19.3 Å². The van der Waals surface area contributed by atoms with E-state index in [0.717, 1.165) is 38.9 Å². The van der Waals surface area contributed by atoms with Gasteiger partial charge in [-0.05, 0) is 43.7 Å². The Morgan fingerprint density at radius 1 is 1.19 bits per heavy atom. The fourth-order valence-corrected chi connectivity index (χ4v) is 3.14. The van der Waals surface area contributed by atoms with Crippen LogP contribution in [0.1, 0.15) is 57.6 Å². The molecule has 0 unspecified atom stereocenters. The van der Waals surface area contributed by atoms with Crippen molar-refractivity contribution in [3.63, 3.8) is 0 Å². The molecule has 0 spiro atoms. The fourth-order valence-electron chi connectivity index (χ4n) is 3.14. The normalized spacial score (nSPS) is 26.8. The highest BCUT2D eigenvalue weighted by atomic mass is 16.5. The van der Waals surface area contributed by atoms with Crippen molar-refractivity contribution in [1.82, 2.24) is 0 Å². The van der Waals surface area contributed by atoms with Crippen LogP contribution in [0.4, 0.5) is 0 Å². The minimum Gasteiger partial charge on any atom is -0.381 e. The molecule has 21 heavy (non-hydrogen) atoms. The zero-order chi connectivity index (χ0) is 15.5. The topological polar surface area (TPSA) is 61.3 Å². The molecule has 0 bridgehead atoms. The van der Waals surface area contributed by atoms with E-state index in [1.54, 1.807) is 0 Å². The molecule has 0 amide bonds. The standard InChI is InChI=1S/C18H30N2O/c1-4-21-13-17(2,3)14-5-7-15(8-6-14)18(20)11-9-16(19)10-12-18/h5-8,16H,4,9-13,19-20H2,1-3H3. The molecule has 1 aliphatic carbocycles. The second-order valence-electron chi connectivity index (χ2n) is 7.09. The van der Waals surface area contributed by atoms with Crippen LogP contribution >= 0.6 is 0 Å². The van der Waals surface area contributed by atoms with Crippen molar-refractivity contribution < 1.29 is 4.74 Å². The molecular weight excluding hydrogens is 260 g/mol. The van der Waals surface area contributed by atoms with Crippen molar-refractivity contribution in [3.8, 4) is 0 Å². The fraction of sp³-hybridized carbons (Fsp3) is 0.667. The summed E-state index contributed by atoms with van der Waals surface area (Å²) in [5.74, 6) is 0. The zero-order valence-corrected chi connectivity index (χ0v) is 13.7. The molecular formula is C18H30N2O. The van der Waals surface area contributed by atoms with E-state index in [1.807, 2.05) is 6.92 Å². The van der Waals surface area contributed by atoms with Gasteiger partial charge in [-0.15, -0.1) is 0 Å². The van der Waals surface area contributed by atoms with Gasteiger partial charge in [0.1, 0.15) is 0 Å². The molecule has 1 aromatic carbocycles. The third-order valence-electron chi connectivity index (χ3n) is 4.83. The van der Waals surface area contributed by atoms with Crippen LogP contribution in [-0.2, 0) is 15.7 Å². The molecule has 0 saturated heterocycles. The number of benzene rings is 1. The van der Waals surface area contributed by atoms with Crippen molar-refractivity contribution >= 4 is 0 Å². The number of hydrogen-bond acceptors (Lipinski definition) is 3. The summed E-state index contributed by atoms with van der Waals surface area (Å²) in [6.07, 6.45) is 4.01. The third kappa shape index (κ3) is 3.85. The molecule has 1 aliphatic rings. The summed E-state index contributed by atoms with van der Waals surface area (Å²) >= 11 is 0. The van der Waals surface area contributed by atoms with E-state index in [1.165, 1.54) is 11.1 Å². The lowest BCUT2D eigenvalue weighted by atomic mass is 9.75. The van der Waals surface area contributed by atoms with Gasteiger partial charge in [0, 0.05) is 23.6 Å². The van der Waals surface area contributed by atoms with E-state index < -0.39 is 0 Å². The Morgan fingerprint density at radius 2 is 1.76 bits per heavy atom. The lowest BCUT2D eigenvalue weighted by Crippen LogP contribution is -2.43. The maximum Gasteiger partial charge on any atom is 0.0557 e. The highest BCUT2D eigenvalue weighted by molar-refractivity contribution is 5.32. The van der Waals surface area contributed by atoms with E-state index >= 15 is 0 Å². The van der Waals surface area contributed by atoms with E-state index in [-0.39, 0.29) is 11.0 Å². The number of rotatable bonds is 5. The number of ether oxygens (including phenoxy) is 1. The maximum absolute atomic E-state index is 6.60. The van der Waals surface area contributed by atoms with Crippen molar-refractivity contribution in [1.29, 1.82) is 0 Å². The average Bonchev–Trinajstić information content (AvgIpc) is 2.49. The molecule has 0 heterocycles. The highest BCUT2D eigenvalue weighted by Crippen LogP contribution is 2.35. The lowest BCUT2D eigenvalue weighted by molar-refractivity contribution is 0.105. The first kappa shape index (κ1) is 16.5. The monoisotopic (exact) mass is 290 g/mol. The van der Waals surface area contributed by atoms with Gasteiger partial charge in [-0.1, -0.05) is 38.1 Å². The molecule has 0 atom stereocenters. The zero-order valence-electron chi connectivity index (χ0n) is 13.7. The summed E-state index contributed by atoms with van der Waals surface area (Å²) in [7, 11) is 0. The molecule has 3 heteroatoms.